The van der Waals surface area contributed by atoms with Gasteiger partial charge in [-0.05, 0) is 18.9 Å². The Bertz CT molecular complexity index is 574. The van der Waals surface area contributed by atoms with Crippen LogP contribution in [-0.4, -0.2) is 53.8 Å². The lowest BCUT2D eigenvalue weighted by atomic mass is 10.2. The van der Waals surface area contributed by atoms with Gasteiger partial charge in [0.2, 0.25) is 11.8 Å². The highest BCUT2D eigenvalue weighted by Crippen LogP contribution is 2.29. The second-order valence-corrected chi connectivity index (χ2v) is 5.90. The Morgan fingerprint density at radius 3 is 2.82 bits per heavy atom. The van der Waals surface area contributed by atoms with Crippen molar-refractivity contribution in [1.29, 1.82) is 0 Å². The lowest BCUT2D eigenvalue weighted by Gasteiger charge is -2.29. The number of halogens is 1. The minimum absolute atomic E-state index is 0.0274. The van der Waals surface area contributed by atoms with E-state index in [2.05, 4.69) is 5.32 Å². The highest BCUT2D eigenvalue weighted by atomic mass is 19.1. The van der Waals surface area contributed by atoms with E-state index in [1.807, 2.05) is 4.90 Å². The van der Waals surface area contributed by atoms with Crippen molar-refractivity contribution in [1.82, 2.24) is 15.1 Å². The average molecular weight is 305 g/mol. The summed E-state index contributed by atoms with van der Waals surface area (Å²) in [4.78, 5) is 27.5. The Morgan fingerprint density at radius 2 is 2.14 bits per heavy atom. The summed E-state index contributed by atoms with van der Waals surface area (Å²) in [5.74, 6) is -0.357. The van der Waals surface area contributed by atoms with Crippen LogP contribution in [-0.2, 0) is 16.1 Å². The van der Waals surface area contributed by atoms with Crippen LogP contribution in [0.3, 0.4) is 0 Å². The minimum Gasteiger partial charge on any atom is -0.354 e. The fraction of sp³-hybridized carbons (Fsp3) is 0.500. The molecular formula is C16H20FN3O2. The molecule has 1 saturated carbocycles. The number of amides is 2. The summed E-state index contributed by atoms with van der Waals surface area (Å²) in [5.41, 5.74) is 0.541. The SMILES string of the molecule is O=C1CN(CC(=O)N(Cc2ccccc2F)C2CC2)CCN1. The van der Waals surface area contributed by atoms with Gasteiger partial charge in [-0.25, -0.2) is 4.39 Å². The molecule has 22 heavy (non-hydrogen) atoms. The molecule has 1 N–H and O–H groups in total. The molecule has 1 aromatic rings. The molecule has 1 heterocycles. The van der Waals surface area contributed by atoms with Gasteiger partial charge in [0.05, 0.1) is 13.1 Å². The summed E-state index contributed by atoms with van der Waals surface area (Å²) in [6.45, 7) is 2.02. The summed E-state index contributed by atoms with van der Waals surface area (Å²) in [6, 6.07) is 6.77. The van der Waals surface area contributed by atoms with Crippen molar-refractivity contribution in [3.05, 3.63) is 35.6 Å². The number of nitrogens with one attached hydrogen (secondary N) is 1. The third-order valence-electron chi connectivity index (χ3n) is 4.08. The fourth-order valence-corrected chi connectivity index (χ4v) is 2.73. The van der Waals surface area contributed by atoms with Crippen molar-refractivity contribution in [2.75, 3.05) is 26.2 Å². The third kappa shape index (κ3) is 3.62. The molecule has 1 saturated heterocycles. The number of hydrogen-bond donors (Lipinski definition) is 1. The molecule has 2 aliphatic rings. The molecule has 5 nitrogen and oxygen atoms in total. The molecule has 6 heteroatoms. The van der Waals surface area contributed by atoms with Crippen LogP contribution in [0.2, 0.25) is 0 Å². The van der Waals surface area contributed by atoms with Crippen LogP contribution in [0, 0.1) is 5.82 Å². The first-order valence-corrected chi connectivity index (χ1v) is 7.65. The number of benzene rings is 1. The van der Waals surface area contributed by atoms with Crippen molar-refractivity contribution >= 4 is 11.8 Å². The first kappa shape index (κ1) is 15.0. The Hall–Kier alpha value is -1.95. The van der Waals surface area contributed by atoms with Crippen molar-refractivity contribution < 1.29 is 14.0 Å². The summed E-state index contributed by atoms with van der Waals surface area (Å²) in [7, 11) is 0. The van der Waals surface area contributed by atoms with Crippen LogP contribution in [0.15, 0.2) is 24.3 Å². The second-order valence-electron chi connectivity index (χ2n) is 5.90. The van der Waals surface area contributed by atoms with Crippen molar-refractivity contribution in [2.24, 2.45) is 0 Å². The normalized spacial score (nSPS) is 18.9. The Balaban J connectivity index is 1.64. The summed E-state index contributed by atoms with van der Waals surface area (Å²) in [6.07, 6.45) is 1.95. The molecule has 2 amide bonds. The molecule has 1 aliphatic carbocycles. The topological polar surface area (TPSA) is 52.7 Å². The fourth-order valence-electron chi connectivity index (χ4n) is 2.73. The van der Waals surface area contributed by atoms with Crippen LogP contribution in [0.25, 0.3) is 0 Å². The van der Waals surface area contributed by atoms with E-state index in [0.29, 0.717) is 25.2 Å². The largest absolute Gasteiger partial charge is 0.354 e. The number of nitrogens with zero attached hydrogens (tertiary/aromatic N) is 2. The van der Waals surface area contributed by atoms with Crippen molar-refractivity contribution in [2.45, 2.75) is 25.4 Å². The van der Waals surface area contributed by atoms with Crippen LogP contribution < -0.4 is 5.32 Å². The van der Waals surface area contributed by atoms with Gasteiger partial charge in [-0.15, -0.1) is 0 Å². The Labute approximate surface area is 129 Å². The zero-order valence-electron chi connectivity index (χ0n) is 12.4. The van der Waals surface area contributed by atoms with Gasteiger partial charge in [-0.3, -0.25) is 14.5 Å². The van der Waals surface area contributed by atoms with Gasteiger partial charge in [-0.1, -0.05) is 18.2 Å². The predicted molar refractivity (Wildman–Crippen MR) is 79.4 cm³/mol. The molecule has 0 spiro atoms. The molecule has 3 rings (SSSR count). The molecule has 0 aromatic heterocycles. The van der Waals surface area contributed by atoms with Gasteiger partial charge >= 0.3 is 0 Å². The van der Waals surface area contributed by atoms with Crippen LogP contribution in [0.5, 0.6) is 0 Å². The molecule has 0 unspecified atom stereocenters. The molecule has 0 bridgehead atoms. The van der Waals surface area contributed by atoms with Crippen molar-refractivity contribution in [3.8, 4) is 0 Å². The molecule has 1 aromatic carbocycles. The minimum atomic E-state index is -0.279. The maximum absolute atomic E-state index is 13.8. The molecule has 1 aliphatic heterocycles. The highest BCUT2D eigenvalue weighted by molar-refractivity contribution is 5.82. The number of carbonyl (C=O) groups is 2. The van der Waals surface area contributed by atoms with Crippen LogP contribution in [0.4, 0.5) is 4.39 Å². The zero-order chi connectivity index (χ0) is 15.5. The number of piperazine rings is 1. The van der Waals surface area contributed by atoms with E-state index in [9.17, 15) is 14.0 Å². The van der Waals surface area contributed by atoms with E-state index in [1.54, 1.807) is 23.1 Å². The summed E-state index contributed by atoms with van der Waals surface area (Å²) in [5, 5.41) is 2.74. The monoisotopic (exact) mass is 305 g/mol. The average Bonchev–Trinajstić information content (AvgIpc) is 3.31. The highest BCUT2D eigenvalue weighted by Gasteiger charge is 2.34. The van der Waals surface area contributed by atoms with Gasteiger partial charge in [-0.2, -0.15) is 0 Å². The van der Waals surface area contributed by atoms with E-state index in [0.717, 1.165) is 12.8 Å². The second kappa shape index (κ2) is 6.44. The van der Waals surface area contributed by atoms with Crippen LogP contribution >= 0.6 is 0 Å². The maximum atomic E-state index is 13.8. The lowest BCUT2D eigenvalue weighted by Crippen LogP contribution is -2.51. The van der Waals surface area contributed by atoms with Gasteiger partial charge in [0.15, 0.2) is 0 Å². The summed E-state index contributed by atoms with van der Waals surface area (Å²) < 4.78 is 13.8. The van der Waals surface area contributed by atoms with Gasteiger partial charge in [0.25, 0.3) is 0 Å². The smallest absolute Gasteiger partial charge is 0.237 e. The quantitative estimate of drug-likeness (QED) is 0.873. The first-order valence-electron chi connectivity index (χ1n) is 7.65. The summed E-state index contributed by atoms with van der Waals surface area (Å²) >= 11 is 0. The maximum Gasteiger partial charge on any atom is 0.237 e. The van der Waals surface area contributed by atoms with E-state index in [4.69, 9.17) is 0 Å². The van der Waals surface area contributed by atoms with E-state index >= 15 is 0 Å². The third-order valence-corrected chi connectivity index (χ3v) is 4.08. The van der Waals surface area contributed by atoms with Gasteiger partial charge < -0.3 is 10.2 Å². The lowest BCUT2D eigenvalue weighted by molar-refractivity contribution is -0.135. The molecule has 0 atom stereocenters. The van der Waals surface area contributed by atoms with E-state index < -0.39 is 0 Å². The van der Waals surface area contributed by atoms with E-state index in [1.165, 1.54) is 6.07 Å². The Kier molecular flexibility index (Phi) is 4.38. The first-order chi connectivity index (χ1) is 10.6. The number of hydrogen-bond acceptors (Lipinski definition) is 3. The molecular weight excluding hydrogens is 285 g/mol. The molecule has 118 valence electrons. The van der Waals surface area contributed by atoms with Crippen LogP contribution in [0.1, 0.15) is 18.4 Å². The van der Waals surface area contributed by atoms with Gasteiger partial charge in [0.1, 0.15) is 5.82 Å². The standard InChI is InChI=1S/C16H20FN3O2/c17-14-4-2-1-3-12(14)9-20(13-5-6-13)16(22)11-19-8-7-18-15(21)10-19/h1-4,13H,5-11H2,(H,18,21). The Morgan fingerprint density at radius 1 is 1.36 bits per heavy atom. The van der Waals surface area contributed by atoms with Gasteiger partial charge in [0, 0.05) is 31.2 Å². The van der Waals surface area contributed by atoms with E-state index in [-0.39, 0.29) is 36.8 Å². The molecule has 2 fully saturated rings. The zero-order valence-corrected chi connectivity index (χ0v) is 12.4. The number of carbonyl (C=O) groups excluding carboxylic acids is 2. The van der Waals surface area contributed by atoms with Crippen molar-refractivity contribution in [3.63, 3.8) is 0 Å². The number of rotatable bonds is 5. The molecule has 0 radical (unpaired) electrons. The predicted octanol–water partition coefficient (Wildman–Crippen LogP) is 0.748.